The first-order valence-corrected chi connectivity index (χ1v) is 20.9. The van der Waals surface area contributed by atoms with E-state index in [0.29, 0.717) is 49.4 Å². The van der Waals surface area contributed by atoms with Gasteiger partial charge >= 0.3 is 0 Å². The highest BCUT2D eigenvalue weighted by Gasteiger charge is 2.50. The highest BCUT2D eigenvalue weighted by atomic mass is 19.3. The molecule has 0 aliphatic heterocycles. The first-order chi connectivity index (χ1) is 23.8. The van der Waals surface area contributed by atoms with Gasteiger partial charge in [0, 0.05) is 50.9 Å². The van der Waals surface area contributed by atoms with Crippen molar-refractivity contribution < 1.29 is 39.5 Å². The molecule has 5 aliphatic rings. The number of hydrogen-bond acceptors (Lipinski definition) is 0. The van der Waals surface area contributed by atoms with E-state index in [2.05, 4.69) is 41.5 Å². The molecule has 2 atom stereocenters. The van der Waals surface area contributed by atoms with Crippen molar-refractivity contribution in [1.82, 2.24) is 0 Å². The molecule has 2 unspecified atom stereocenters. The van der Waals surface area contributed by atoms with Gasteiger partial charge in [0.05, 0.1) is 0 Å². The molecule has 324 valence electrons. The van der Waals surface area contributed by atoms with E-state index in [-0.39, 0.29) is 78.4 Å². The molecule has 5 aliphatic carbocycles. The molecule has 5 saturated carbocycles. The molecule has 0 radical (unpaired) electrons. The van der Waals surface area contributed by atoms with Crippen LogP contribution in [0.5, 0.6) is 0 Å². The zero-order valence-corrected chi connectivity index (χ0v) is 37.0. The van der Waals surface area contributed by atoms with E-state index in [0.717, 1.165) is 19.3 Å². The first-order valence-electron chi connectivity index (χ1n) is 20.9. The first kappa shape index (κ1) is 51.4. The van der Waals surface area contributed by atoms with Crippen LogP contribution in [0.1, 0.15) is 200 Å². The molecule has 0 saturated heterocycles. The van der Waals surface area contributed by atoms with Gasteiger partial charge in [0.1, 0.15) is 6.17 Å². The standard InChI is InChI=1S/2C10H18F2.C9H16F2.C8H14F2.C8H15F/c1-9(2,3)8-4-6-10(11,12)7-5-8;1-9(2,3)8-6-4-5-7-10(8,11)12;1-8(2,3)7-4-5-9(10,11)6-7;1-7(2,3)6-4-8(9,10)5-6;1-8(2,3)6-4-7(9)5-6/h2*8H,4-7H2,1-3H3;7H,4-6H2,1-3H3;6H,4-5H2,1-3H3;6-7H,4-5H2,1-3H3. The monoisotopic (exact) mass is 793 g/mol. The number of halogens is 9. The van der Waals surface area contributed by atoms with Crippen molar-refractivity contribution in [3.63, 3.8) is 0 Å². The predicted octanol–water partition coefficient (Wildman–Crippen LogP) is 17.0. The third-order valence-corrected chi connectivity index (χ3v) is 13.0. The van der Waals surface area contributed by atoms with Gasteiger partial charge in [-0.2, -0.15) is 0 Å². The summed E-state index contributed by atoms with van der Waals surface area (Å²) in [6, 6.07) is 0. The Balaban J connectivity index is 0.000000339. The lowest BCUT2D eigenvalue weighted by molar-refractivity contribution is -0.138. The summed E-state index contributed by atoms with van der Waals surface area (Å²) in [6.45, 7) is 30.9. The minimum absolute atomic E-state index is 0.0555. The van der Waals surface area contributed by atoms with Crippen LogP contribution in [0, 0.1) is 56.7 Å². The Morgan fingerprint density at radius 2 is 0.741 bits per heavy atom. The maximum Gasteiger partial charge on any atom is 0.251 e. The number of alkyl halides is 9. The molecule has 5 fully saturated rings. The molecule has 0 spiro atoms. The molecule has 9 heteroatoms. The second-order valence-electron chi connectivity index (χ2n) is 23.0. The van der Waals surface area contributed by atoms with E-state index < -0.39 is 35.8 Å². The molecule has 0 bridgehead atoms. The molecule has 5 rings (SSSR count). The van der Waals surface area contributed by atoms with Crippen LogP contribution in [0.25, 0.3) is 0 Å². The van der Waals surface area contributed by atoms with Gasteiger partial charge < -0.3 is 0 Å². The van der Waals surface area contributed by atoms with Crippen molar-refractivity contribution in [3.8, 4) is 0 Å². The van der Waals surface area contributed by atoms with Crippen LogP contribution < -0.4 is 0 Å². The fourth-order valence-electron chi connectivity index (χ4n) is 8.29. The molecule has 0 aromatic carbocycles. The van der Waals surface area contributed by atoms with E-state index in [9.17, 15) is 39.5 Å². The van der Waals surface area contributed by atoms with E-state index in [1.807, 2.05) is 62.3 Å². The number of hydrogen-bond donors (Lipinski definition) is 0. The largest absolute Gasteiger partial charge is 0.251 e. The fraction of sp³-hybridized carbons (Fsp3) is 1.00. The van der Waals surface area contributed by atoms with E-state index in [1.54, 1.807) is 0 Å². The van der Waals surface area contributed by atoms with Gasteiger partial charge in [0.25, 0.3) is 5.92 Å². The van der Waals surface area contributed by atoms with Crippen LogP contribution >= 0.6 is 0 Å². The average molecular weight is 793 g/mol. The van der Waals surface area contributed by atoms with Crippen LogP contribution in [-0.2, 0) is 0 Å². The van der Waals surface area contributed by atoms with Crippen LogP contribution in [0.2, 0.25) is 0 Å². The maximum absolute atomic E-state index is 13.4. The molecule has 0 heterocycles. The Morgan fingerprint density at radius 3 is 0.963 bits per heavy atom. The summed E-state index contributed by atoms with van der Waals surface area (Å²) in [7, 11) is 0. The van der Waals surface area contributed by atoms with Gasteiger partial charge in [-0.15, -0.1) is 0 Å². The Hall–Kier alpha value is -0.630. The molecule has 54 heavy (non-hydrogen) atoms. The van der Waals surface area contributed by atoms with Crippen molar-refractivity contribution in [1.29, 1.82) is 0 Å². The minimum atomic E-state index is -2.42. The highest BCUT2D eigenvalue weighted by Crippen LogP contribution is 2.51. The quantitative estimate of drug-likeness (QED) is 0.214. The van der Waals surface area contributed by atoms with Gasteiger partial charge in [-0.05, 0) is 95.7 Å². The Labute approximate surface area is 325 Å². The van der Waals surface area contributed by atoms with E-state index in [1.165, 1.54) is 0 Å². The van der Waals surface area contributed by atoms with Crippen LogP contribution in [-0.4, -0.2) is 29.9 Å². The van der Waals surface area contributed by atoms with Crippen LogP contribution in [0.3, 0.4) is 0 Å². The molecule has 0 nitrogen and oxygen atoms in total. The van der Waals surface area contributed by atoms with Crippen molar-refractivity contribution in [3.05, 3.63) is 0 Å². The summed E-state index contributed by atoms with van der Waals surface area (Å²) in [5, 5.41) is 0. The van der Waals surface area contributed by atoms with Gasteiger partial charge in [0.2, 0.25) is 17.8 Å². The molecule has 0 N–H and O–H groups in total. The summed E-state index contributed by atoms with van der Waals surface area (Å²) in [5.74, 6) is -8.39. The predicted molar refractivity (Wildman–Crippen MR) is 209 cm³/mol. The molecular weight excluding hydrogens is 711 g/mol. The number of rotatable bonds is 0. The lowest BCUT2D eigenvalue weighted by Gasteiger charge is -2.43. The smallest absolute Gasteiger partial charge is 0.247 e. The average Bonchev–Trinajstić information content (AvgIpc) is 3.29. The van der Waals surface area contributed by atoms with Crippen molar-refractivity contribution in [2.45, 2.75) is 230 Å². The lowest BCUT2D eigenvalue weighted by atomic mass is 9.66. The molecule has 0 amide bonds. The highest BCUT2D eigenvalue weighted by molar-refractivity contribution is 4.93. The Kier molecular flexibility index (Phi) is 17.6. The van der Waals surface area contributed by atoms with Gasteiger partial charge in [-0.1, -0.05) is 110 Å². The van der Waals surface area contributed by atoms with Crippen molar-refractivity contribution in [2.75, 3.05) is 0 Å². The maximum atomic E-state index is 13.4. The van der Waals surface area contributed by atoms with Crippen molar-refractivity contribution >= 4 is 0 Å². The summed E-state index contributed by atoms with van der Waals surface area (Å²) in [4.78, 5) is 0. The molecular formula is C45H81F9. The Bertz CT molecular complexity index is 1070. The zero-order chi connectivity index (χ0) is 42.6. The third kappa shape index (κ3) is 18.3. The Morgan fingerprint density at radius 1 is 0.370 bits per heavy atom. The topological polar surface area (TPSA) is 0 Å². The summed E-state index contributed by atoms with van der Waals surface area (Å²) in [5.41, 5.74) is 0.421. The van der Waals surface area contributed by atoms with Gasteiger partial charge in [-0.25, -0.2) is 39.5 Å². The fourth-order valence-corrected chi connectivity index (χ4v) is 8.29. The van der Waals surface area contributed by atoms with E-state index >= 15 is 0 Å². The summed E-state index contributed by atoms with van der Waals surface area (Å²) < 4.78 is 115. The molecule has 0 aromatic heterocycles. The zero-order valence-electron chi connectivity index (χ0n) is 37.0. The van der Waals surface area contributed by atoms with Crippen LogP contribution in [0.4, 0.5) is 39.5 Å². The minimum Gasteiger partial charge on any atom is -0.247 e. The SMILES string of the molecule is CC(C)(C)C1CC(F)(F)C1.CC(C)(C)C1CC(F)C1.CC(C)(C)C1CCC(F)(F)C1.CC(C)(C)C1CCC(F)(F)CC1.CC(C)(C)C1CCCCC1(F)F. The van der Waals surface area contributed by atoms with Crippen molar-refractivity contribution in [2.24, 2.45) is 56.7 Å². The normalized spacial score (nSPS) is 29.6. The van der Waals surface area contributed by atoms with E-state index in [4.69, 9.17) is 0 Å². The van der Waals surface area contributed by atoms with Gasteiger partial charge in [0.15, 0.2) is 0 Å². The third-order valence-electron chi connectivity index (χ3n) is 13.0. The van der Waals surface area contributed by atoms with Crippen LogP contribution in [0.15, 0.2) is 0 Å². The summed E-state index contributed by atoms with van der Waals surface area (Å²) in [6.07, 6.45) is 6.18. The molecule has 0 aromatic rings. The summed E-state index contributed by atoms with van der Waals surface area (Å²) >= 11 is 0. The second-order valence-corrected chi connectivity index (χ2v) is 23.0. The van der Waals surface area contributed by atoms with Gasteiger partial charge in [-0.3, -0.25) is 0 Å². The lowest BCUT2D eigenvalue weighted by Crippen LogP contribution is -2.42. The second kappa shape index (κ2) is 18.5.